The summed E-state index contributed by atoms with van der Waals surface area (Å²) in [6.07, 6.45) is 1.14. The van der Waals surface area contributed by atoms with Crippen LogP contribution in [0, 0.1) is 0 Å². The smallest absolute Gasteiger partial charge is 0.0768 e. The Hall–Kier alpha value is -0.900. The average molecular weight is 293 g/mol. The van der Waals surface area contributed by atoms with Crippen LogP contribution in [0.15, 0.2) is 30.3 Å². The van der Waals surface area contributed by atoms with E-state index < -0.39 is 0 Å². The van der Waals surface area contributed by atoms with Gasteiger partial charge in [-0.15, -0.1) is 0 Å². The molecular weight excluding hydrogens is 262 g/mol. The maximum atomic E-state index is 6.07. The van der Waals surface area contributed by atoms with E-state index in [1.165, 1.54) is 5.56 Å². The van der Waals surface area contributed by atoms with E-state index in [1.807, 2.05) is 6.07 Å². The molecule has 0 spiro atoms. The monoisotopic (exact) mass is 293 g/mol. The second kappa shape index (κ2) is 9.19. The second-order valence-corrected chi connectivity index (χ2v) is 6.22. The molecule has 0 amide bonds. The highest BCUT2D eigenvalue weighted by Gasteiger charge is 2.21. The van der Waals surface area contributed by atoms with Gasteiger partial charge in [-0.1, -0.05) is 44.2 Å². The van der Waals surface area contributed by atoms with Crippen molar-refractivity contribution in [2.24, 2.45) is 0 Å². The van der Waals surface area contributed by atoms with Crippen LogP contribution in [0.5, 0.6) is 0 Å². The van der Waals surface area contributed by atoms with Crippen LogP contribution in [0.25, 0.3) is 0 Å². The Morgan fingerprint density at radius 1 is 1.05 bits per heavy atom. The third-order valence-electron chi connectivity index (χ3n) is 3.31. The largest absolute Gasteiger partial charge is 0.374 e. The van der Waals surface area contributed by atoms with Gasteiger partial charge in [0.1, 0.15) is 0 Å². The first-order chi connectivity index (χ1) is 9.98. The molecule has 0 saturated carbocycles. The van der Waals surface area contributed by atoms with Crippen molar-refractivity contribution in [3.05, 3.63) is 35.9 Å². The van der Waals surface area contributed by atoms with E-state index in [4.69, 9.17) is 9.47 Å². The first-order valence-corrected chi connectivity index (χ1v) is 8.01. The molecule has 0 bridgehead atoms. The minimum absolute atomic E-state index is 0.106. The lowest BCUT2D eigenvalue weighted by Crippen LogP contribution is -2.34. The highest BCUT2D eigenvalue weighted by atomic mass is 16.5. The Morgan fingerprint density at radius 2 is 1.71 bits per heavy atom. The molecule has 1 aromatic rings. The Morgan fingerprint density at radius 3 is 2.24 bits per heavy atom. The average Bonchev–Trinajstić information content (AvgIpc) is 2.45. The molecule has 0 aliphatic heterocycles. The molecule has 0 saturated heterocycles. The fourth-order valence-corrected chi connectivity index (χ4v) is 2.34. The predicted molar refractivity (Wildman–Crippen MR) is 88.6 cm³/mol. The topological polar surface area (TPSA) is 30.5 Å². The first-order valence-electron chi connectivity index (χ1n) is 8.01. The number of rotatable bonds is 9. The molecule has 1 rings (SSSR count). The quantitative estimate of drug-likeness (QED) is 0.699. The van der Waals surface area contributed by atoms with Crippen LogP contribution in [-0.4, -0.2) is 31.5 Å². The molecule has 3 nitrogen and oxygen atoms in total. The zero-order valence-electron chi connectivity index (χ0n) is 14.2. The summed E-state index contributed by atoms with van der Waals surface area (Å²) < 4.78 is 11.8. The summed E-state index contributed by atoms with van der Waals surface area (Å²) in [5.74, 6) is 0. The fraction of sp³-hybridized carbons (Fsp3) is 0.667. The van der Waals surface area contributed by atoms with Gasteiger partial charge in [-0.2, -0.15) is 0 Å². The maximum absolute atomic E-state index is 6.07. The van der Waals surface area contributed by atoms with Crippen molar-refractivity contribution in [2.45, 2.75) is 58.8 Å². The van der Waals surface area contributed by atoms with Crippen molar-refractivity contribution in [2.75, 3.05) is 19.8 Å². The molecule has 0 radical (unpaired) electrons. The van der Waals surface area contributed by atoms with Crippen molar-refractivity contribution in [3.8, 4) is 0 Å². The zero-order valence-corrected chi connectivity index (χ0v) is 14.2. The van der Waals surface area contributed by atoms with Crippen LogP contribution < -0.4 is 5.32 Å². The van der Waals surface area contributed by atoms with Crippen LogP contribution in [0.2, 0.25) is 0 Å². The van der Waals surface area contributed by atoms with Gasteiger partial charge in [0.15, 0.2) is 0 Å². The van der Waals surface area contributed by atoms with E-state index in [-0.39, 0.29) is 17.7 Å². The third kappa shape index (κ3) is 7.07. The summed E-state index contributed by atoms with van der Waals surface area (Å²) in [5, 5.41) is 3.54. The van der Waals surface area contributed by atoms with Crippen LogP contribution in [0.1, 0.15) is 52.6 Å². The van der Waals surface area contributed by atoms with E-state index in [2.05, 4.69) is 64.2 Å². The van der Waals surface area contributed by atoms with E-state index in [0.717, 1.165) is 13.0 Å². The van der Waals surface area contributed by atoms with Gasteiger partial charge in [-0.25, -0.2) is 0 Å². The number of hydrogen-bond acceptors (Lipinski definition) is 3. The summed E-state index contributed by atoms with van der Waals surface area (Å²) in [5.41, 5.74) is 1.17. The standard InChI is InChI=1S/C18H31NO2/c1-6-16(20-13-14-21-18(3,4)5)17(19-7-2)15-11-9-8-10-12-15/h8-12,16-17,19H,6-7,13-14H2,1-5H3. The van der Waals surface area contributed by atoms with E-state index in [9.17, 15) is 0 Å². The molecule has 0 fully saturated rings. The molecule has 0 heterocycles. The van der Waals surface area contributed by atoms with Gasteiger partial charge in [-0.05, 0) is 39.3 Å². The molecular formula is C18H31NO2. The third-order valence-corrected chi connectivity index (χ3v) is 3.31. The molecule has 1 aromatic carbocycles. The van der Waals surface area contributed by atoms with Gasteiger partial charge in [0.2, 0.25) is 0 Å². The maximum Gasteiger partial charge on any atom is 0.0768 e. The van der Waals surface area contributed by atoms with Gasteiger partial charge in [0, 0.05) is 0 Å². The van der Waals surface area contributed by atoms with Crippen LogP contribution >= 0.6 is 0 Å². The number of benzene rings is 1. The highest BCUT2D eigenvalue weighted by Crippen LogP contribution is 2.21. The molecule has 1 N–H and O–H groups in total. The summed E-state index contributed by atoms with van der Waals surface area (Å²) in [6.45, 7) is 12.7. The molecule has 2 unspecified atom stereocenters. The predicted octanol–water partition coefficient (Wildman–Crippen LogP) is 3.95. The number of hydrogen-bond donors (Lipinski definition) is 1. The molecule has 120 valence electrons. The van der Waals surface area contributed by atoms with Crippen molar-refractivity contribution >= 4 is 0 Å². The normalized spacial score (nSPS) is 14.9. The number of ether oxygens (including phenoxy) is 2. The Balaban J connectivity index is 2.57. The van der Waals surface area contributed by atoms with Crippen LogP contribution in [0.3, 0.4) is 0 Å². The lowest BCUT2D eigenvalue weighted by atomic mass is 9.99. The Bertz CT molecular complexity index is 373. The van der Waals surface area contributed by atoms with Crippen molar-refractivity contribution in [1.82, 2.24) is 5.32 Å². The minimum atomic E-state index is -0.106. The molecule has 21 heavy (non-hydrogen) atoms. The second-order valence-electron chi connectivity index (χ2n) is 6.22. The summed E-state index contributed by atoms with van der Waals surface area (Å²) in [4.78, 5) is 0. The lowest BCUT2D eigenvalue weighted by Gasteiger charge is -2.28. The summed E-state index contributed by atoms with van der Waals surface area (Å²) in [7, 11) is 0. The molecule has 0 aliphatic rings. The molecule has 3 heteroatoms. The van der Waals surface area contributed by atoms with Crippen molar-refractivity contribution in [3.63, 3.8) is 0 Å². The summed E-state index contributed by atoms with van der Waals surface area (Å²) in [6, 6.07) is 10.8. The van der Waals surface area contributed by atoms with Gasteiger partial charge in [0.05, 0.1) is 31.0 Å². The van der Waals surface area contributed by atoms with Crippen molar-refractivity contribution < 1.29 is 9.47 Å². The Kier molecular flexibility index (Phi) is 7.94. The molecule has 2 atom stereocenters. The highest BCUT2D eigenvalue weighted by molar-refractivity contribution is 5.20. The van der Waals surface area contributed by atoms with E-state index >= 15 is 0 Å². The van der Waals surface area contributed by atoms with Gasteiger partial charge >= 0.3 is 0 Å². The number of likely N-dealkylation sites (N-methyl/N-ethyl adjacent to an activating group) is 1. The van der Waals surface area contributed by atoms with Gasteiger partial charge in [-0.3, -0.25) is 0 Å². The minimum Gasteiger partial charge on any atom is -0.374 e. The fourth-order valence-electron chi connectivity index (χ4n) is 2.34. The van der Waals surface area contributed by atoms with E-state index in [1.54, 1.807) is 0 Å². The van der Waals surface area contributed by atoms with Crippen molar-refractivity contribution in [1.29, 1.82) is 0 Å². The molecule has 0 aliphatic carbocycles. The van der Waals surface area contributed by atoms with Crippen LogP contribution in [0.4, 0.5) is 0 Å². The Labute approximate surface area is 130 Å². The first kappa shape index (κ1) is 18.1. The number of nitrogens with one attached hydrogen (secondary N) is 1. The van der Waals surface area contributed by atoms with Gasteiger partial charge in [0.25, 0.3) is 0 Å². The lowest BCUT2D eigenvalue weighted by molar-refractivity contribution is -0.0592. The van der Waals surface area contributed by atoms with E-state index in [0.29, 0.717) is 13.2 Å². The van der Waals surface area contributed by atoms with Gasteiger partial charge < -0.3 is 14.8 Å². The summed E-state index contributed by atoms with van der Waals surface area (Å²) >= 11 is 0. The zero-order chi connectivity index (χ0) is 15.7. The molecule has 0 aromatic heterocycles. The van der Waals surface area contributed by atoms with Crippen LogP contribution in [-0.2, 0) is 9.47 Å². The SMILES string of the molecule is CCNC(c1ccccc1)C(CC)OCCOC(C)(C)C.